The van der Waals surface area contributed by atoms with Gasteiger partial charge in [-0.3, -0.25) is 4.79 Å². The predicted octanol–water partition coefficient (Wildman–Crippen LogP) is 2.23. The second-order valence-corrected chi connectivity index (χ2v) is 4.41. The molecule has 3 nitrogen and oxygen atoms in total. The summed E-state index contributed by atoms with van der Waals surface area (Å²) in [5.74, 6) is 1.16. The van der Waals surface area contributed by atoms with Crippen LogP contribution >= 0.6 is 0 Å². The highest BCUT2D eigenvalue weighted by atomic mass is 16.5. The monoisotopic (exact) mass is 234 g/mol. The van der Waals surface area contributed by atoms with E-state index in [1.165, 1.54) is 0 Å². The van der Waals surface area contributed by atoms with Crippen LogP contribution in [0.5, 0.6) is 5.75 Å². The Balaban J connectivity index is 1.96. The van der Waals surface area contributed by atoms with Crippen molar-refractivity contribution in [2.45, 2.75) is 19.3 Å². The van der Waals surface area contributed by atoms with Gasteiger partial charge in [-0.05, 0) is 30.5 Å². The number of rotatable bonds is 4. The highest BCUT2D eigenvalue weighted by molar-refractivity contribution is 5.83. The van der Waals surface area contributed by atoms with Crippen molar-refractivity contribution < 1.29 is 14.3 Å². The molecule has 1 aromatic carbocycles. The molecule has 0 saturated carbocycles. The molecule has 17 heavy (non-hydrogen) atoms. The van der Waals surface area contributed by atoms with E-state index in [0.717, 1.165) is 30.8 Å². The SMILES string of the molecule is COc1cccc(CC(=O)C2CCCOC2)c1. The van der Waals surface area contributed by atoms with Gasteiger partial charge in [0, 0.05) is 18.9 Å². The molecular formula is C14H18O3. The van der Waals surface area contributed by atoms with Crippen LogP contribution in [0.25, 0.3) is 0 Å². The van der Waals surface area contributed by atoms with Crippen LogP contribution in [0.4, 0.5) is 0 Å². The van der Waals surface area contributed by atoms with Crippen molar-refractivity contribution in [2.24, 2.45) is 5.92 Å². The lowest BCUT2D eigenvalue weighted by Gasteiger charge is -2.20. The third-order valence-electron chi connectivity index (χ3n) is 3.13. The highest BCUT2D eigenvalue weighted by Crippen LogP contribution is 2.19. The van der Waals surface area contributed by atoms with E-state index in [0.29, 0.717) is 13.0 Å². The van der Waals surface area contributed by atoms with Gasteiger partial charge < -0.3 is 9.47 Å². The summed E-state index contributed by atoms with van der Waals surface area (Å²) in [6, 6.07) is 7.68. The Morgan fingerprint density at radius 1 is 1.53 bits per heavy atom. The molecule has 1 heterocycles. The molecule has 0 spiro atoms. The molecule has 3 heteroatoms. The largest absolute Gasteiger partial charge is 0.497 e. The molecule has 1 aromatic rings. The van der Waals surface area contributed by atoms with Gasteiger partial charge >= 0.3 is 0 Å². The van der Waals surface area contributed by atoms with E-state index in [2.05, 4.69) is 0 Å². The zero-order valence-electron chi connectivity index (χ0n) is 10.1. The number of hydrogen-bond donors (Lipinski definition) is 0. The Morgan fingerprint density at radius 3 is 3.12 bits per heavy atom. The summed E-state index contributed by atoms with van der Waals surface area (Å²) in [7, 11) is 1.63. The van der Waals surface area contributed by atoms with Gasteiger partial charge in [0.1, 0.15) is 11.5 Å². The number of hydrogen-bond acceptors (Lipinski definition) is 3. The number of Topliss-reactive ketones (excluding diaryl/α,β-unsaturated/α-hetero) is 1. The molecule has 1 aliphatic rings. The number of carbonyl (C=O) groups excluding carboxylic acids is 1. The summed E-state index contributed by atoms with van der Waals surface area (Å²) in [6.45, 7) is 1.38. The molecule has 1 unspecified atom stereocenters. The molecule has 0 aromatic heterocycles. The summed E-state index contributed by atoms with van der Waals surface area (Å²) >= 11 is 0. The van der Waals surface area contributed by atoms with Gasteiger partial charge in [-0.2, -0.15) is 0 Å². The van der Waals surface area contributed by atoms with Gasteiger partial charge in [0.15, 0.2) is 0 Å². The Kier molecular flexibility index (Phi) is 4.15. The van der Waals surface area contributed by atoms with Crippen molar-refractivity contribution in [1.82, 2.24) is 0 Å². The number of ether oxygens (including phenoxy) is 2. The maximum absolute atomic E-state index is 12.0. The minimum Gasteiger partial charge on any atom is -0.497 e. The molecule has 0 radical (unpaired) electrons. The van der Waals surface area contributed by atoms with Crippen molar-refractivity contribution >= 4 is 5.78 Å². The second kappa shape index (κ2) is 5.82. The first-order valence-corrected chi connectivity index (χ1v) is 6.03. The van der Waals surface area contributed by atoms with E-state index >= 15 is 0 Å². The fraction of sp³-hybridized carbons (Fsp3) is 0.500. The normalized spacial score (nSPS) is 19.9. The smallest absolute Gasteiger partial charge is 0.142 e. The van der Waals surface area contributed by atoms with Crippen molar-refractivity contribution in [2.75, 3.05) is 20.3 Å². The summed E-state index contributed by atoms with van der Waals surface area (Å²) in [5, 5.41) is 0. The van der Waals surface area contributed by atoms with Crippen LogP contribution < -0.4 is 4.74 Å². The molecule has 0 bridgehead atoms. The number of methoxy groups -OCH3 is 1. The Morgan fingerprint density at radius 2 is 2.41 bits per heavy atom. The zero-order chi connectivity index (χ0) is 12.1. The topological polar surface area (TPSA) is 35.5 Å². The molecule has 2 rings (SSSR count). The summed E-state index contributed by atoms with van der Waals surface area (Å²) in [5.41, 5.74) is 1.01. The van der Waals surface area contributed by atoms with Crippen LogP contribution in [-0.4, -0.2) is 26.1 Å². The Bertz CT molecular complexity index is 381. The highest BCUT2D eigenvalue weighted by Gasteiger charge is 2.21. The van der Waals surface area contributed by atoms with Crippen LogP contribution in [0.15, 0.2) is 24.3 Å². The fourth-order valence-electron chi connectivity index (χ4n) is 2.12. The fourth-order valence-corrected chi connectivity index (χ4v) is 2.12. The Labute approximate surface area is 102 Å². The maximum atomic E-state index is 12.0. The van der Waals surface area contributed by atoms with Crippen molar-refractivity contribution in [3.8, 4) is 5.75 Å². The van der Waals surface area contributed by atoms with E-state index in [9.17, 15) is 4.79 Å². The molecule has 1 saturated heterocycles. The van der Waals surface area contributed by atoms with Gasteiger partial charge in [-0.1, -0.05) is 12.1 Å². The van der Waals surface area contributed by atoms with E-state index in [1.807, 2.05) is 24.3 Å². The van der Waals surface area contributed by atoms with Crippen LogP contribution in [0.1, 0.15) is 18.4 Å². The summed E-state index contributed by atoms with van der Waals surface area (Å²) < 4.78 is 10.5. The van der Waals surface area contributed by atoms with Gasteiger partial charge in [0.2, 0.25) is 0 Å². The van der Waals surface area contributed by atoms with Gasteiger partial charge in [0.25, 0.3) is 0 Å². The van der Waals surface area contributed by atoms with Crippen LogP contribution in [0, 0.1) is 5.92 Å². The Hall–Kier alpha value is -1.35. The van der Waals surface area contributed by atoms with E-state index in [-0.39, 0.29) is 11.7 Å². The minimum absolute atomic E-state index is 0.0787. The molecule has 0 amide bonds. The molecule has 0 aliphatic carbocycles. The number of benzene rings is 1. The average molecular weight is 234 g/mol. The quantitative estimate of drug-likeness (QED) is 0.801. The lowest BCUT2D eigenvalue weighted by molar-refractivity contribution is -0.126. The van der Waals surface area contributed by atoms with Crippen molar-refractivity contribution in [3.63, 3.8) is 0 Å². The minimum atomic E-state index is 0.0787. The first kappa shape index (κ1) is 12.1. The lowest BCUT2D eigenvalue weighted by Crippen LogP contribution is -2.26. The van der Waals surface area contributed by atoms with E-state index in [1.54, 1.807) is 7.11 Å². The van der Waals surface area contributed by atoms with Gasteiger partial charge in [-0.15, -0.1) is 0 Å². The standard InChI is InChI=1S/C14H18O3/c1-16-13-6-2-4-11(8-13)9-14(15)12-5-3-7-17-10-12/h2,4,6,8,12H,3,5,7,9-10H2,1H3. The third kappa shape index (κ3) is 3.30. The molecule has 1 fully saturated rings. The molecular weight excluding hydrogens is 216 g/mol. The number of ketones is 1. The van der Waals surface area contributed by atoms with Gasteiger partial charge in [-0.25, -0.2) is 0 Å². The summed E-state index contributed by atoms with van der Waals surface area (Å²) in [6.07, 6.45) is 2.43. The average Bonchev–Trinajstić information content (AvgIpc) is 2.40. The van der Waals surface area contributed by atoms with E-state index < -0.39 is 0 Å². The number of carbonyl (C=O) groups is 1. The predicted molar refractivity (Wildman–Crippen MR) is 65.2 cm³/mol. The zero-order valence-corrected chi connectivity index (χ0v) is 10.1. The lowest BCUT2D eigenvalue weighted by atomic mass is 9.93. The van der Waals surface area contributed by atoms with E-state index in [4.69, 9.17) is 9.47 Å². The van der Waals surface area contributed by atoms with Crippen LogP contribution in [-0.2, 0) is 16.0 Å². The molecule has 1 atom stereocenters. The molecule has 92 valence electrons. The summed E-state index contributed by atoms with van der Waals surface area (Å²) in [4.78, 5) is 12.0. The first-order valence-electron chi connectivity index (χ1n) is 6.03. The van der Waals surface area contributed by atoms with Crippen LogP contribution in [0.3, 0.4) is 0 Å². The third-order valence-corrected chi connectivity index (χ3v) is 3.13. The van der Waals surface area contributed by atoms with Crippen molar-refractivity contribution in [3.05, 3.63) is 29.8 Å². The second-order valence-electron chi connectivity index (χ2n) is 4.41. The molecule has 0 N–H and O–H groups in total. The van der Waals surface area contributed by atoms with Crippen LogP contribution in [0.2, 0.25) is 0 Å². The maximum Gasteiger partial charge on any atom is 0.142 e. The first-order chi connectivity index (χ1) is 8.29. The van der Waals surface area contributed by atoms with Gasteiger partial charge in [0.05, 0.1) is 13.7 Å². The van der Waals surface area contributed by atoms with Crippen molar-refractivity contribution in [1.29, 1.82) is 0 Å². The molecule has 1 aliphatic heterocycles.